The summed E-state index contributed by atoms with van der Waals surface area (Å²) in [7, 11) is 0. The molecule has 118 valence electrons. The van der Waals surface area contributed by atoms with Gasteiger partial charge in [0.2, 0.25) is 0 Å². The Morgan fingerprint density at radius 1 is 1.17 bits per heavy atom. The van der Waals surface area contributed by atoms with Gasteiger partial charge >= 0.3 is 0 Å². The van der Waals surface area contributed by atoms with Crippen molar-refractivity contribution in [2.24, 2.45) is 16.1 Å². The van der Waals surface area contributed by atoms with E-state index in [0.717, 1.165) is 5.56 Å². The molecule has 2 aromatic carbocycles. The molecule has 5 heteroatoms. The van der Waals surface area contributed by atoms with Crippen molar-refractivity contribution in [1.82, 2.24) is 0 Å². The third kappa shape index (κ3) is 4.89. The van der Waals surface area contributed by atoms with Crippen LogP contribution in [0, 0.1) is 23.1 Å². The van der Waals surface area contributed by atoms with Gasteiger partial charge in [-0.2, -0.15) is 15.5 Å². The SMILES string of the molecule is CC(C)C(C#N)N=Nc1ccc(OCc2ccccc2)cc1F. The number of halogens is 1. The molecule has 0 spiro atoms. The molecule has 2 aromatic rings. The summed E-state index contributed by atoms with van der Waals surface area (Å²) in [5, 5.41) is 16.7. The Hall–Kier alpha value is -2.74. The number of azo groups is 1. The summed E-state index contributed by atoms with van der Waals surface area (Å²) in [6, 6.07) is 15.5. The molecule has 0 bridgehead atoms. The molecule has 0 fully saturated rings. The number of hydrogen-bond donors (Lipinski definition) is 0. The number of hydrogen-bond acceptors (Lipinski definition) is 4. The third-order valence-corrected chi connectivity index (χ3v) is 3.22. The van der Waals surface area contributed by atoms with Crippen LogP contribution >= 0.6 is 0 Å². The highest BCUT2D eigenvalue weighted by atomic mass is 19.1. The highest BCUT2D eigenvalue weighted by Gasteiger charge is 2.11. The van der Waals surface area contributed by atoms with Crippen LogP contribution in [0.5, 0.6) is 5.75 Å². The number of benzene rings is 2. The molecule has 0 aliphatic rings. The van der Waals surface area contributed by atoms with Crippen molar-refractivity contribution in [2.75, 3.05) is 0 Å². The second kappa shape index (κ2) is 8.04. The maximum absolute atomic E-state index is 14.0. The van der Waals surface area contributed by atoms with Crippen LogP contribution in [0.3, 0.4) is 0 Å². The highest BCUT2D eigenvalue weighted by Crippen LogP contribution is 2.24. The van der Waals surface area contributed by atoms with Gasteiger partial charge < -0.3 is 4.74 Å². The molecule has 0 radical (unpaired) electrons. The molecule has 0 saturated carbocycles. The summed E-state index contributed by atoms with van der Waals surface area (Å²) in [4.78, 5) is 0. The first-order valence-corrected chi connectivity index (χ1v) is 7.37. The Kier molecular flexibility index (Phi) is 5.81. The van der Waals surface area contributed by atoms with Gasteiger partial charge in [0.15, 0.2) is 11.9 Å². The van der Waals surface area contributed by atoms with E-state index in [4.69, 9.17) is 10.00 Å². The Morgan fingerprint density at radius 2 is 1.91 bits per heavy atom. The van der Waals surface area contributed by atoms with Gasteiger partial charge in [0, 0.05) is 6.07 Å². The highest BCUT2D eigenvalue weighted by molar-refractivity contribution is 5.42. The molecule has 0 aromatic heterocycles. The molecule has 0 heterocycles. The predicted molar refractivity (Wildman–Crippen MR) is 85.9 cm³/mol. The minimum atomic E-state index is -0.580. The van der Waals surface area contributed by atoms with E-state index in [1.807, 2.05) is 50.2 Å². The molecule has 0 saturated heterocycles. The van der Waals surface area contributed by atoms with Crippen molar-refractivity contribution in [3.63, 3.8) is 0 Å². The monoisotopic (exact) mass is 311 g/mol. The molecule has 0 aliphatic heterocycles. The fourth-order valence-electron chi connectivity index (χ4n) is 1.83. The zero-order valence-electron chi connectivity index (χ0n) is 13.1. The number of rotatable bonds is 6. The van der Waals surface area contributed by atoms with Gasteiger partial charge in [-0.25, -0.2) is 4.39 Å². The molecule has 1 unspecified atom stereocenters. The molecule has 0 aliphatic carbocycles. The zero-order chi connectivity index (χ0) is 16.7. The minimum Gasteiger partial charge on any atom is -0.489 e. The zero-order valence-corrected chi connectivity index (χ0v) is 13.1. The maximum atomic E-state index is 14.0. The first kappa shape index (κ1) is 16.6. The van der Waals surface area contributed by atoms with Crippen LogP contribution in [0.15, 0.2) is 58.8 Å². The minimum absolute atomic E-state index is 0.0280. The Balaban J connectivity index is 2.03. The molecule has 23 heavy (non-hydrogen) atoms. The number of ether oxygens (including phenoxy) is 1. The average molecular weight is 311 g/mol. The molecule has 1 atom stereocenters. The van der Waals surface area contributed by atoms with Crippen molar-refractivity contribution in [1.29, 1.82) is 5.26 Å². The van der Waals surface area contributed by atoms with E-state index < -0.39 is 11.9 Å². The lowest BCUT2D eigenvalue weighted by molar-refractivity contribution is 0.304. The first-order valence-electron chi connectivity index (χ1n) is 7.37. The van der Waals surface area contributed by atoms with Crippen LogP contribution in [0.2, 0.25) is 0 Å². The van der Waals surface area contributed by atoms with Crippen LogP contribution in [-0.4, -0.2) is 6.04 Å². The largest absolute Gasteiger partial charge is 0.489 e. The van der Waals surface area contributed by atoms with Crippen LogP contribution < -0.4 is 4.74 Å². The lowest BCUT2D eigenvalue weighted by Gasteiger charge is -2.08. The van der Waals surface area contributed by atoms with Gasteiger partial charge in [-0.3, -0.25) is 0 Å². The van der Waals surface area contributed by atoms with E-state index in [9.17, 15) is 4.39 Å². The van der Waals surface area contributed by atoms with E-state index in [1.165, 1.54) is 12.1 Å². The van der Waals surface area contributed by atoms with Gasteiger partial charge in [0.1, 0.15) is 18.0 Å². The summed E-state index contributed by atoms with van der Waals surface area (Å²) in [6.45, 7) is 4.10. The maximum Gasteiger partial charge on any atom is 0.159 e. The van der Waals surface area contributed by atoms with Gasteiger partial charge in [0.25, 0.3) is 0 Å². The van der Waals surface area contributed by atoms with E-state index in [-0.39, 0.29) is 11.6 Å². The van der Waals surface area contributed by atoms with Crippen molar-refractivity contribution in [3.05, 3.63) is 59.9 Å². The molecular weight excluding hydrogens is 293 g/mol. The van der Waals surface area contributed by atoms with Crippen LogP contribution in [0.25, 0.3) is 0 Å². The number of nitrogens with zero attached hydrogens (tertiary/aromatic N) is 3. The van der Waals surface area contributed by atoms with Crippen LogP contribution in [-0.2, 0) is 6.61 Å². The average Bonchev–Trinajstić information content (AvgIpc) is 2.55. The predicted octanol–water partition coefficient (Wildman–Crippen LogP) is 5.04. The van der Waals surface area contributed by atoms with Crippen molar-refractivity contribution in [3.8, 4) is 11.8 Å². The van der Waals surface area contributed by atoms with Crippen LogP contribution in [0.1, 0.15) is 19.4 Å². The second-order valence-electron chi connectivity index (χ2n) is 5.42. The van der Waals surface area contributed by atoms with Crippen molar-refractivity contribution in [2.45, 2.75) is 26.5 Å². The van der Waals surface area contributed by atoms with E-state index in [0.29, 0.717) is 12.4 Å². The summed E-state index contributed by atoms with van der Waals surface area (Å²) < 4.78 is 19.6. The van der Waals surface area contributed by atoms with Gasteiger partial charge in [-0.05, 0) is 23.6 Å². The van der Waals surface area contributed by atoms with Gasteiger partial charge in [-0.15, -0.1) is 0 Å². The smallest absolute Gasteiger partial charge is 0.159 e. The van der Waals surface area contributed by atoms with E-state index >= 15 is 0 Å². The second-order valence-corrected chi connectivity index (χ2v) is 5.42. The van der Waals surface area contributed by atoms with Gasteiger partial charge in [0.05, 0.1) is 6.07 Å². The third-order valence-electron chi connectivity index (χ3n) is 3.22. The normalized spacial score (nSPS) is 12.3. The Labute approximate surface area is 135 Å². The summed E-state index contributed by atoms with van der Waals surface area (Å²) in [5.41, 5.74) is 1.10. The molecule has 4 nitrogen and oxygen atoms in total. The summed E-state index contributed by atoms with van der Waals surface area (Å²) >= 11 is 0. The lowest BCUT2D eigenvalue weighted by Crippen LogP contribution is -2.08. The van der Waals surface area contributed by atoms with E-state index in [2.05, 4.69) is 10.2 Å². The topological polar surface area (TPSA) is 57.7 Å². The van der Waals surface area contributed by atoms with Crippen molar-refractivity contribution >= 4 is 5.69 Å². The van der Waals surface area contributed by atoms with E-state index in [1.54, 1.807) is 6.07 Å². The molecule has 2 rings (SSSR count). The lowest BCUT2D eigenvalue weighted by atomic mass is 10.1. The fraction of sp³-hybridized carbons (Fsp3) is 0.278. The quantitative estimate of drug-likeness (QED) is 0.702. The molecule has 0 N–H and O–H groups in total. The molecule has 0 amide bonds. The fourth-order valence-corrected chi connectivity index (χ4v) is 1.83. The van der Waals surface area contributed by atoms with Crippen LogP contribution in [0.4, 0.5) is 10.1 Å². The number of nitriles is 1. The Morgan fingerprint density at radius 3 is 2.52 bits per heavy atom. The standard InChI is InChI=1S/C18H18FN3O/c1-13(2)18(11-20)22-21-17-9-8-15(10-16(17)19)23-12-14-6-4-3-5-7-14/h3-10,13,18H,12H2,1-2H3. The Bertz CT molecular complexity index is 708. The van der Waals surface area contributed by atoms with Crippen molar-refractivity contribution < 1.29 is 9.13 Å². The summed E-state index contributed by atoms with van der Waals surface area (Å²) in [5.74, 6) is -0.0777. The van der Waals surface area contributed by atoms with Gasteiger partial charge in [-0.1, -0.05) is 44.2 Å². The summed E-state index contributed by atoms with van der Waals surface area (Å²) in [6.07, 6.45) is 0. The molecular formula is C18H18FN3O. The first-order chi connectivity index (χ1) is 11.1.